The summed E-state index contributed by atoms with van der Waals surface area (Å²) in [5.41, 5.74) is 2.64. The molecule has 1 heterocycles. The van der Waals surface area contributed by atoms with Crippen LogP contribution in [0.2, 0.25) is 0 Å². The summed E-state index contributed by atoms with van der Waals surface area (Å²) >= 11 is 0. The maximum absolute atomic E-state index is 10.8. The highest BCUT2D eigenvalue weighted by atomic mass is 16.4. The highest BCUT2D eigenvalue weighted by Gasteiger charge is 2.08. The number of benzene rings is 2. The van der Waals surface area contributed by atoms with Gasteiger partial charge >= 0.3 is 5.97 Å². The molecule has 0 spiro atoms. The van der Waals surface area contributed by atoms with Gasteiger partial charge in [-0.05, 0) is 35.9 Å². The number of carbonyl (C=O) groups is 1. The van der Waals surface area contributed by atoms with E-state index >= 15 is 0 Å². The van der Waals surface area contributed by atoms with E-state index in [9.17, 15) is 10.1 Å². The largest absolute Gasteiger partial charge is 0.478 e. The number of aromatic carboxylic acids is 1. The third-order valence-corrected chi connectivity index (χ3v) is 3.16. The Kier molecular flexibility index (Phi) is 3.38. The van der Waals surface area contributed by atoms with Crippen LogP contribution < -0.4 is 0 Å². The summed E-state index contributed by atoms with van der Waals surface area (Å²) in [6, 6.07) is 15.7. The zero-order valence-corrected chi connectivity index (χ0v) is 11.3. The number of carboxylic acids is 1. The molecule has 0 aliphatic heterocycles. The predicted molar refractivity (Wildman–Crippen MR) is 80.7 cm³/mol. The fraction of sp³-hybridized carbons (Fsp3) is 0. The SMILES string of the molecule is N#C/C(=C\c1ccc(C(=O)O)cc1)n1nnc2ccccc21. The molecule has 0 bridgehead atoms. The molecule has 6 nitrogen and oxygen atoms in total. The van der Waals surface area contributed by atoms with Crippen LogP contribution in [0.25, 0.3) is 22.8 Å². The van der Waals surface area contributed by atoms with Gasteiger partial charge in [0.1, 0.15) is 17.3 Å². The summed E-state index contributed by atoms with van der Waals surface area (Å²) < 4.78 is 1.46. The van der Waals surface area contributed by atoms with Crippen molar-refractivity contribution in [1.82, 2.24) is 15.0 Å². The van der Waals surface area contributed by atoms with E-state index in [2.05, 4.69) is 16.4 Å². The van der Waals surface area contributed by atoms with Gasteiger partial charge in [-0.3, -0.25) is 0 Å². The summed E-state index contributed by atoms with van der Waals surface area (Å²) in [7, 11) is 0. The van der Waals surface area contributed by atoms with E-state index in [1.54, 1.807) is 18.2 Å². The van der Waals surface area contributed by atoms with Crippen LogP contribution in [0, 0.1) is 11.3 Å². The van der Waals surface area contributed by atoms with Crippen LogP contribution in [0.15, 0.2) is 48.5 Å². The fourth-order valence-electron chi connectivity index (χ4n) is 2.07. The van der Waals surface area contributed by atoms with Crippen molar-refractivity contribution in [3.63, 3.8) is 0 Å². The van der Waals surface area contributed by atoms with Crippen LogP contribution in [0.3, 0.4) is 0 Å². The average molecular weight is 290 g/mol. The first kappa shape index (κ1) is 13.5. The number of fused-ring (bicyclic) bond motifs is 1. The molecule has 1 N–H and O–H groups in total. The molecule has 22 heavy (non-hydrogen) atoms. The molecule has 0 atom stereocenters. The summed E-state index contributed by atoms with van der Waals surface area (Å²) in [5.74, 6) is -0.988. The second-order valence-electron chi connectivity index (χ2n) is 4.56. The van der Waals surface area contributed by atoms with Crippen LogP contribution in [0.1, 0.15) is 15.9 Å². The number of aromatic nitrogens is 3. The summed E-state index contributed by atoms with van der Waals surface area (Å²) in [6.07, 6.45) is 1.63. The average Bonchev–Trinajstić information content (AvgIpc) is 2.97. The predicted octanol–water partition coefficient (Wildman–Crippen LogP) is 2.65. The fourth-order valence-corrected chi connectivity index (χ4v) is 2.07. The van der Waals surface area contributed by atoms with Crippen LogP contribution in [0.5, 0.6) is 0 Å². The molecule has 3 aromatic rings. The smallest absolute Gasteiger partial charge is 0.335 e. The first-order chi connectivity index (χ1) is 10.7. The normalized spacial score (nSPS) is 11.3. The lowest BCUT2D eigenvalue weighted by Crippen LogP contribution is -1.98. The Morgan fingerprint density at radius 3 is 2.59 bits per heavy atom. The van der Waals surface area contributed by atoms with Gasteiger partial charge in [0, 0.05) is 0 Å². The standard InChI is InChI=1S/C16H10N4O2/c17-10-13(9-11-5-7-12(8-6-11)16(21)22)20-15-4-2-1-3-14(15)18-19-20/h1-9H,(H,21,22)/b13-9+. The zero-order chi connectivity index (χ0) is 15.5. The van der Waals surface area contributed by atoms with E-state index in [0.717, 1.165) is 5.52 Å². The van der Waals surface area contributed by atoms with Gasteiger partial charge in [0.05, 0.1) is 11.1 Å². The molecular weight excluding hydrogens is 280 g/mol. The number of allylic oxidation sites excluding steroid dienone is 1. The number of carboxylic acid groups (broad SMARTS) is 1. The molecule has 0 saturated carbocycles. The highest BCUT2D eigenvalue weighted by Crippen LogP contribution is 2.17. The summed E-state index contributed by atoms with van der Waals surface area (Å²) in [6.45, 7) is 0. The van der Waals surface area contributed by atoms with Crippen molar-refractivity contribution in [3.05, 3.63) is 59.7 Å². The van der Waals surface area contributed by atoms with Crippen LogP contribution in [-0.2, 0) is 0 Å². The molecule has 0 saturated heterocycles. The monoisotopic (exact) mass is 290 g/mol. The van der Waals surface area contributed by atoms with E-state index < -0.39 is 5.97 Å². The van der Waals surface area contributed by atoms with Gasteiger partial charge < -0.3 is 5.11 Å². The second-order valence-corrected chi connectivity index (χ2v) is 4.56. The molecule has 106 valence electrons. The molecule has 0 aliphatic carbocycles. The molecule has 0 fully saturated rings. The Labute approximate surface area is 125 Å². The zero-order valence-electron chi connectivity index (χ0n) is 11.3. The number of rotatable bonds is 3. The second kappa shape index (κ2) is 5.50. The lowest BCUT2D eigenvalue weighted by atomic mass is 10.1. The maximum Gasteiger partial charge on any atom is 0.335 e. The topological polar surface area (TPSA) is 91.8 Å². The van der Waals surface area contributed by atoms with Gasteiger partial charge in [0.15, 0.2) is 0 Å². The number of hydrogen-bond donors (Lipinski definition) is 1. The highest BCUT2D eigenvalue weighted by molar-refractivity contribution is 5.89. The van der Waals surface area contributed by atoms with Gasteiger partial charge in [-0.1, -0.05) is 29.5 Å². The molecule has 1 aromatic heterocycles. The minimum absolute atomic E-state index is 0.196. The molecule has 3 rings (SSSR count). The van der Waals surface area contributed by atoms with Crippen molar-refractivity contribution in [3.8, 4) is 6.07 Å². The quantitative estimate of drug-likeness (QED) is 0.749. The summed E-state index contributed by atoms with van der Waals surface area (Å²) in [4.78, 5) is 10.8. The van der Waals surface area contributed by atoms with Crippen molar-refractivity contribution < 1.29 is 9.90 Å². The maximum atomic E-state index is 10.8. The minimum Gasteiger partial charge on any atom is -0.478 e. The Morgan fingerprint density at radius 1 is 1.18 bits per heavy atom. The Bertz CT molecular complexity index is 917. The lowest BCUT2D eigenvalue weighted by Gasteiger charge is -2.01. The number of hydrogen-bond acceptors (Lipinski definition) is 4. The van der Waals surface area contributed by atoms with Crippen LogP contribution in [-0.4, -0.2) is 26.1 Å². The van der Waals surface area contributed by atoms with Gasteiger partial charge in [-0.2, -0.15) is 5.26 Å². The molecule has 0 aliphatic rings. The molecule has 0 radical (unpaired) electrons. The van der Waals surface area contributed by atoms with E-state index in [1.807, 2.05) is 24.3 Å². The lowest BCUT2D eigenvalue weighted by molar-refractivity contribution is 0.0697. The summed E-state index contributed by atoms with van der Waals surface area (Å²) in [5, 5.41) is 26.2. The molecule has 6 heteroatoms. The van der Waals surface area contributed by atoms with Crippen molar-refractivity contribution in [2.75, 3.05) is 0 Å². The third kappa shape index (κ3) is 2.43. The molecule has 0 amide bonds. The molecule has 0 unspecified atom stereocenters. The van der Waals surface area contributed by atoms with E-state index in [4.69, 9.17) is 5.11 Å². The van der Waals surface area contributed by atoms with Gasteiger partial charge in [0.2, 0.25) is 0 Å². The van der Waals surface area contributed by atoms with Gasteiger partial charge in [-0.25, -0.2) is 9.48 Å². The van der Waals surface area contributed by atoms with Gasteiger partial charge in [-0.15, -0.1) is 5.10 Å². The van der Waals surface area contributed by atoms with Crippen LogP contribution >= 0.6 is 0 Å². The Balaban J connectivity index is 2.04. The van der Waals surface area contributed by atoms with Crippen molar-refractivity contribution in [1.29, 1.82) is 5.26 Å². The number of para-hydroxylation sites is 1. The number of nitriles is 1. The van der Waals surface area contributed by atoms with Gasteiger partial charge in [0.25, 0.3) is 0 Å². The Hall–Kier alpha value is -3.46. The van der Waals surface area contributed by atoms with Crippen LogP contribution in [0.4, 0.5) is 0 Å². The first-order valence-corrected chi connectivity index (χ1v) is 6.45. The first-order valence-electron chi connectivity index (χ1n) is 6.45. The van der Waals surface area contributed by atoms with Crippen molar-refractivity contribution in [2.24, 2.45) is 0 Å². The van der Waals surface area contributed by atoms with E-state index in [0.29, 0.717) is 16.8 Å². The van der Waals surface area contributed by atoms with E-state index in [-0.39, 0.29) is 5.56 Å². The number of nitrogens with zero attached hydrogens (tertiary/aromatic N) is 4. The third-order valence-electron chi connectivity index (χ3n) is 3.16. The molecular formula is C16H10N4O2. The van der Waals surface area contributed by atoms with Crippen molar-refractivity contribution in [2.45, 2.75) is 0 Å². The minimum atomic E-state index is -0.988. The van der Waals surface area contributed by atoms with Crippen molar-refractivity contribution >= 4 is 28.8 Å². The Morgan fingerprint density at radius 2 is 1.91 bits per heavy atom. The van der Waals surface area contributed by atoms with E-state index in [1.165, 1.54) is 16.8 Å². The molecule has 2 aromatic carbocycles.